The van der Waals surface area contributed by atoms with Crippen LogP contribution in [0.3, 0.4) is 0 Å². The summed E-state index contributed by atoms with van der Waals surface area (Å²) < 4.78 is 7.64. The fraction of sp³-hybridized carbons (Fsp3) is 0.429. The van der Waals surface area contributed by atoms with Crippen LogP contribution in [0.4, 0.5) is 0 Å². The molecule has 1 aliphatic heterocycles. The Hall–Kier alpha value is -1.56. The Kier molecular flexibility index (Phi) is 1.62. The summed E-state index contributed by atoms with van der Waals surface area (Å²) in [7, 11) is 1.67. The molecule has 1 aromatic heterocycles. The van der Waals surface area contributed by atoms with Gasteiger partial charge in [-0.25, -0.2) is 0 Å². The molecule has 1 unspecified atom stereocenters. The highest BCUT2D eigenvalue weighted by Crippen LogP contribution is 2.06. The summed E-state index contributed by atoms with van der Waals surface area (Å²) in [5.74, 6) is 0.430. The van der Waals surface area contributed by atoms with E-state index in [4.69, 9.17) is 7.10 Å². The van der Waals surface area contributed by atoms with Crippen LogP contribution >= 0.6 is 0 Å². The molecule has 0 radical (unpaired) electrons. The third-order valence-corrected chi connectivity index (χ3v) is 1.66. The minimum Gasteiger partial charge on any atom is -0.324 e. The predicted molar refractivity (Wildman–Crippen MR) is 47.1 cm³/mol. The summed E-state index contributed by atoms with van der Waals surface area (Å²) in [4.78, 5) is 5.41. The molecule has 0 bridgehead atoms. The van der Waals surface area contributed by atoms with Crippen molar-refractivity contribution in [1.82, 2.24) is 20.2 Å². The van der Waals surface area contributed by atoms with E-state index in [2.05, 4.69) is 20.4 Å². The van der Waals surface area contributed by atoms with Crippen LogP contribution < -0.4 is 5.73 Å². The minimum atomic E-state index is -1.11. The highest BCUT2D eigenvalue weighted by Gasteiger charge is 2.14. The van der Waals surface area contributed by atoms with Crippen LogP contribution in [0, 0.1) is 0 Å². The topological polar surface area (TPSA) is 82.0 Å². The summed E-state index contributed by atoms with van der Waals surface area (Å²) in [5, 5.41) is 11.5. The van der Waals surface area contributed by atoms with Crippen LogP contribution in [0.5, 0.6) is 0 Å². The second kappa shape index (κ2) is 3.06. The average molecular weight is 179 g/mol. The van der Waals surface area contributed by atoms with Crippen molar-refractivity contribution >= 4 is 5.71 Å². The Morgan fingerprint density at radius 2 is 2.62 bits per heavy atom. The maximum Gasteiger partial charge on any atom is 0.219 e. The summed E-state index contributed by atoms with van der Waals surface area (Å²) >= 11 is 0. The van der Waals surface area contributed by atoms with Gasteiger partial charge in [0.1, 0.15) is 0 Å². The lowest BCUT2D eigenvalue weighted by Gasteiger charge is -2.09. The first-order valence-corrected chi connectivity index (χ1v) is 3.84. The molecule has 6 nitrogen and oxygen atoms in total. The number of nitrogens with two attached hydrogens (primary N) is 1. The maximum absolute atomic E-state index is 7.64. The van der Waals surface area contributed by atoms with Crippen LogP contribution in [0.1, 0.15) is 13.6 Å². The van der Waals surface area contributed by atoms with E-state index in [0.717, 1.165) is 0 Å². The minimum absolute atomic E-state index is 0.301. The second-order valence-corrected chi connectivity index (χ2v) is 2.75. The van der Waals surface area contributed by atoms with Gasteiger partial charge in [-0.1, -0.05) is 0 Å². The lowest BCUT2D eigenvalue weighted by molar-refractivity contribution is 0.629. The Labute approximate surface area is 76.5 Å². The normalized spacial score (nSPS) is 28.5. The van der Waals surface area contributed by atoms with Gasteiger partial charge in [-0.3, -0.25) is 4.99 Å². The zero-order valence-electron chi connectivity index (χ0n) is 8.18. The Morgan fingerprint density at radius 1 is 1.77 bits per heavy atom. The van der Waals surface area contributed by atoms with E-state index in [9.17, 15) is 0 Å². The average Bonchev–Trinajstić information content (AvgIpc) is 2.50. The van der Waals surface area contributed by atoms with Crippen LogP contribution in [0.25, 0.3) is 0 Å². The van der Waals surface area contributed by atoms with Gasteiger partial charge in [-0.15, -0.1) is 10.2 Å². The molecule has 6 heteroatoms. The van der Waals surface area contributed by atoms with E-state index in [1.54, 1.807) is 7.05 Å². The smallest absolute Gasteiger partial charge is 0.219 e. The van der Waals surface area contributed by atoms with Crippen LogP contribution in [-0.4, -0.2) is 31.9 Å². The molecular weight excluding hydrogens is 168 g/mol. The largest absolute Gasteiger partial charge is 0.324 e. The number of hydrogen-bond donors (Lipinski definition) is 1. The van der Waals surface area contributed by atoms with Gasteiger partial charge in [0.15, 0.2) is 0 Å². The number of aryl methyl sites for hydroxylation is 1. The fourth-order valence-electron chi connectivity index (χ4n) is 1.06. The van der Waals surface area contributed by atoms with Crippen molar-refractivity contribution in [3.8, 4) is 0 Å². The first-order valence-electron chi connectivity index (χ1n) is 4.34. The standard InChI is InChI=1S/C7H10N6/c1-13-11-7(10-12-13)6-4-5(8)2-3-9-6/h2-3,5H,4,8H2,1H3/i5D. The molecule has 2 N–H and O–H groups in total. The summed E-state index contributed by atoms with van der Waals surface area (Å²) in [6.45, 7) is 0. The van der Waals surface area contributed by atoms with Crippen molar-refractivity contribution in [2.24, 2.45) is 17.8 Å². The molecule has 0 amide bonds. The highest BCUT2D eigenvalue weighted by atomic mass is 15.6. The van der Waals surface area contributed by atoms with Gasteiger partial charge in [0.25, 0.3) is 0 Å². The van der Waals surface area contributed by atoms with Crippen LogP contribution in [0.15, 0.2) is 17.3 Å². The molecule has 0 saturated carbocycles. The van der Waals surface area contributed by atoms with Crippen molar-refractivity contribution in [3.63, 3.8) is 0 Å². The van der Waals surface area contributed by atoms with Gasteiger partial charge in [0, 0.05) is 18.6 Å². The van der Waals surface area contributed by atoms with Crippen molar-refractivity contribution in [3.05, 3.63) is 18.1 Å². The lowest BCUT2D eigenvalue weighted by Crippen LogP contribution is -2.24. The molecular formula is C7H10N6. The van der Waals surface area contributed by atoms with Gasteiger partial charge in [-0.2, -0.15) is 4.80 Å². The van der Waals surface area contributed by atoms with Crippen molar-refractivity contribution in [1.29, 1.82) is 0 Å². The number of rotatable bonds is 1. The molecule has 1 aliphatic rings. The molecule has 0 spiro atoms. The van der Waals surface area contributed by atoms with Crippen LogP contribution in [-0.2, 0) is 7.05 Å². The molecule has 2 rings (SSSR count). The fourth-order valence-corrected chi connectivity index (χ4v) is 1.06. The Bertz CT molecular complexity index is 404. The zero-order chi connectivity index (χ0) is 10.2. The summed E-state index contributed by atoms with van der Waals surface area (Å²) in [5.41, 5.74) is 6.22. The monoisotopic (exact) mass is 179 g/mol. The van der Waals surface area contributed by atoms with E-state index < -0.39 is 6.02 Å². The van der Waals surface area contributed by atoms with Crippen molar-refractivity contribution in [2.75, 3.05) is 0 Å². The Balaban J connectivity index is 2.29. The third-order valence-electron chi connectivity index (χ3n) is 1.66. The molecule has 68 valence electrons. The van der Waals surface area contributed by atoms with E-state index >= 15 is 0 Å². The molecule has 0 fully saturated rings. The van der Waals surface area contributed by atoms with Crippen LogP contribution in [0.2, 0.25) is 0 Å². The van der Waals surface area contributed by atoms with Gasteiger partial charge in [0.2, 0.25) is 5.82 Å². The summed E-state index contributed by atoms with van der Waals surface area (Å²) in [6, 6.07) is -1.11. The van der Waals surface area contributed by atoms with Gasteiger partial charge >= 0.3 is 0 Å². The van der Waals surface area contributed by atoms with E-state index in [-0.39, 0.29) is 0 Å². The number of tetrazole rings is 1. The van der Waals surface area contributed by atoms with Gasteiger partial charge < -0.3 is 5.73 Å². The van der Waals surface area contributed by atoms with Gasteiger partial charge in [0.05, 0.1) is 14.1 Å². The lowest BCUT2D eigenvalue weighted by atomic mass is 10.1. The molecule has 0 aliphatic carbocycles. The number of aliphatic imine (C=N–C) groups is 1. The SMILES string of the molecule is [2H]C1(N)C=CN=C(c2nnn(C)n2)C1. The summed E-state index contributed by atoms with van der Waals surface area (Å²) in [6.07, 6.45) is 3.34. The number of hydrogen-bond acceptors (Lipinski definition) is 5. The first-order chi connectivity index (χ1) is 6.57. The molecule has 1 atom stereocenters. The zero-order valence-corrected chi connectivity index (χ0v) is 7.18. The molecule has 2 heterocycles. The quantitative estimate of drug-likeness (QED) is 0.614. The second-order valence-electron chi connectivity index (χ2n) is 2.75. The van der Waals surface area contributed by atoms with Crippen molar-refractivity contribution in [2.45, 2.75) is 12.4 Å². The van der Waals surface area contributed by atoms with E-state index in [1.165, 1.54) is 17.1 Å². The maximum atomic E-state index is 7.64. The molecule has 0 aromatic carbocycles. The Morgan fingerprint density at radius 3 is 3.23 bits per heavy atom. The first kappa shape index (κ1) is 6.90. The molecule has 0 saturated heterocycles. The number of nitrogens with zero attached hydrogens (tertiary/aromatic N) is 5. The highest BCUT2D eigenvalue weighted by molar-refractivity contribution is 5.98. The van der Waals surface area contributed by atoms with Gasteiger partial charge in [-0.05, 0) is 11.3 Å². The molecule has 1 aromatic rings. The molecule has 13 heavy (non-hydrogen) atoms. The van der Waals surface area contributed by atoms with E-state index in [1.807, 2.05) is 0 Å². The predicted octanol–water partition coefficient (Wildman–Crippen LogP) is -0.756. The number of aromatic nitrogens is 4. The third kappa shape index (κ3) is 1.62. The van der Waals surface area contributed by atoms with E-state index in [0.29, 0.717) is 18.0 Å². The van der Waals surface area contributed by atoms with Crippen molar-refractivity contribution < 1.29 is 1.37 Å².